The van der Waals surface area contributed by atoms with Crippen molar-refractivity contribution in [3.63, 3.8) is 0 Å². The summed E-state index contributed by atoms with van der Waals surface area (Å²) in [7, 11) is 0. The number of hydrogen-bond donors (Lipinski definition) is 1. The number of hydrogen-bond acceptors (Lipinski definition) is 5. The van der Waals surface area contributed by atoms with Gasteiger partial charge in [0, 0.05) is 24.0 Å². The van der Waals surface area contributed by atoms with Crippen molar-refractivity contribution in [3.05, 3.63) is 65.5 Å². The molecule has 0 aromatic heterocycles. The molecular formula is C20H20FN3O2S. The van der Waals surface area contributed by atoms with Crippen LogP contribution in [0.2, 0.25) is 0 Å². The van der Waals surface area contributed by atoms with E-state index < -0.39 is 4.87 Å². The second-order valence-corrected chi connectivity index (χ2v) is 7.84. The third-order valence-corrected chi connectivity index (χ3v) is 6.46. The van der Waals surface area contributed by atoms with Crippen LogP contribution in [0.4, 0.5) is 4.39 Å². The number of carbonyl (C=O) groups is 1. The van der Waals surface area contributed by atoms with Crippen LogP contribution < -0.4 is 10.5 Å². The number of para-hydroxylation sites is 1. The van der Waals surface area contributed by atoms with Gasteiger partial charge in [-0.1, -0.05) is 42.1 Å². The lowest BCUT2D eigenvalue weighted by Crippen LogP contribution is -2.51. The molecule has 0 saturated heterocycles. The number of rotatable bonds is 3. The number of nitrogens with zero attached hydrogens (tertiary/aromatic N) is 2. The molecule has 1 spiro atoms. The van der Waals surface area contributed by atoms with Gasteiger partial charge in [0.25, 0.3) is 0 Å². The second-order valence-electron chi connectivity index (χ2n) is 6.63. The first-order chi connectivity index (χ1) is 13.1. The Kier molecular flexibility index (Phi) is 4.65. The number of amides is 1. The summed E-state index contributed by atoms with van der Waals surface area (Å²) in [5.74, 6) is 0.186. The largest absolute Gasteiger partial charge is 0.493 e. The van der Waals surface area contributed by atoms with Crippen LogP contribution in [0.1, 0.15) is 24.5 Å². The minimum Gasteiger partial charge on any atom is -0.493 e. The summed E-state index contributed by atoms with van der Waals surface area (Å²) in [5.41, 5.74) is 7.41. The van der Waals surface area contributed by atoms with Crippen molar-refractivity contribution in [3.8, 4) is 5.75 Å². The Balaban J connectivity index is 1.87. The lowest BCUT2D eigenvalue weighted by atomic mass is 9.86. The normalized spacial score (nSPS) is 23.7. The number of thioether (sulfide) groups is 1. The highest BCUT2D eigenvalue weighted by Gasteiger charge is 2.56. The summed E-state index contributed by atoms with van der Waals surface area (Å²) in [6.45, 7) is 2.41. The van der Waals surface area contributed by atoms with Gasteiger partial charge in [0.15, 0.2) is 4.87 Å². The maximum atomic E-state index is 13.8. The van der Waals surface area contributed by atoms with Gasteiger partial charge in [0.2, 0.25) is 5.91 Å². The first-order valence-corrected chi connectivity index (χ1v) is 9.64. The van der Waals surface area contributed by atoms with Crippen molar-refractivity contribution in [2.24, 2.45) is 16.8 Å². The molecule has 0 saturated carbocycles. The zero-order valence-electron chi connectivity index (χ0n) is 14.9. The van der Waals surface area contributed by atoms with E-state index in [-0.39, 0.29) is 17.6 Å². The molecule has 0 radical (unpaired) electrons. The minimum absolute atomic E-state index is 0.0406. The van der Waals surface area contributed by atoms with E-state index in [0.717, 1.165) is 11.3 Å². The highest BCUT2D eigenvalue weighted by Crippen LogP contribution is 2.57. The Hall–Kier alpha value is -2.38. The van der Waals surface area contributed by atoms with Crippen LogP contribution in [-0.2, 0) is 9.67 Å². The van der Waals surface area contributed by atoms with Gasteiger partial charge in [0.1, 0.15) is 16.6 Å². The average molecular weight is 385 g/mol. The van der Waals surface area contributed by atoms with E-state index in [1.807, 2.05) is 24.3 Å². The number of carbonyl (C=O) groups excluding carboxylic acids is 1. The van der Waals surface area contributed by atoms with Crippen molar-refractivity contribution >= 4 is 22.7 Å². The number of ether oxygens (including phenoxy) is 1. The molecule has 7 heteroatoms. The molecule has 2 aromatic rings. The topological polar surface area (TPSA) is 67.9 Å². The number of fused-ring (bicyclic) bond motifs is 2. The van der Waals surface area contributed by atoms with Crippen LogP contribution in [0.3, 0.4) is 0 Å². The van der Waals surface area contributed by atoms with Crippen LogP contribution >= 0.6 is 11.8 Å². The molecule has 2 N–H and O–H groups in total. The molecule has 4 rings (SSSR count). The third kappa shape index (κ3) is 2.91. The van der Waals surface area contributed by atoms with Gasteiger partial charge in [-0.3, -0.25) is 4.79 Å². The summed E-state index contributed by atoms with van der Waals surface area (Å²) in [6, 6.07) is 14.0. The molecule has 1 amide bonds. The Bertz CT molecular complexity index is 920. The van der Waals surface area contributed by atoms with E-state index in [4.69, 9.17) is 10.5 Å². The van der Waals surface area contributed by atoms with Gasteiger partial charge < -0.3 is 10.5 Å². The Labute approximate surface area is 161 Å². The van der Waals surface area contributed by atoms with Gasteiger partial charge in [-0.05, 0) is 31.2 Å². The van der Waals surface area contributed by atoms with Crippen molar-refractivity contribution in [1.82, 2.24) is 5.01 Å². The second kappa shape index (κ2) is 6.98. The Morgan fingerprint density at radius 1 is 1.37 bits per heavy atom. The van der Waals surface area contributed by atoms with Crippen molar-refractivity contribution in [2.45, 2.75) is 18.2 Å². The molecule has 2 heterocycles. The van der Waals surface area contributed by atoms with E-state index in [0.29, 0.717) is 30.2 Å². The fraction of sp³-hybridized carbons (Fsp3) is 0.300. The van der Waals surface area contributed by atoms with Gasteiger partial charge in [-0.15, -0.1) is 0 Å². The van der Waals surface area contributed by atoms with E-state index in [9.17, 15) is 9.18 Å². The van der Waals surface area contributed by atoms with Crippen LogP contribution in [0.25, 0.3) is 0 Å². The maximum absolute atomic E-state index is 13.8. The SMILES string of the molecule is CC(=O)N1N=C(c2cccc(F)c2)S[C@@]12c1ccccc1OCC2CCN. The number of nitrogens with two attached hydrogens (primary N) is 1. The van der Waals surface area contributed by atoms with Gasteiger partial charge in [-0.25, -0.2) is 9.40 Å². The zero-order valence-corrected chi connectivity index (χ0v) is 15.7. The smallest absolute Gasteiger partial charge is 0.241 e. The standard InChI is InChI=1S/C20H20FN3O2S/c1-13(25)24-20(27-19(23-24)14-5-4-6-16(21)11-14)15(9-10-22)12-26-18-8-3-2-7-17(18)20/h2-8,11,15H,9-10,12,22H2,1H3/t15?,20-/m0/s1. The predicted octanol–water partition coefficient (Wildman–Crippen LogP) is 3.29. The van der Waals surface area contributed by atoms with Crippen molar-refractivity contribution < 1.29 is 13.9 Å². The first-order valence-electron chi connectivity index (χ1n) is 8.83. The molecule has 1 unspecified atom stereocenters. The fourth-order valence-corrected chi connectivity index (χ4v) is 5.28. The van der Waals surface area contributed by atoms with Crippen LogP contribution in [-0.4, -0.2) is 29.1 Å². The summed E-state index contributed by atoms with van der Waals surface area (Å²) in [6.07, 6.45) is 0.678. The monoisotopic (exact) mass is 385 g/mol. The van der Waals surface area contributed by atoms with Gasteiger partial charge in [0.05, 0.1) is 6.61 Å². The molecule has 140 valence electrons. The first kappa shape index (κ1) is 18.0. The van der Waals surface area contributed by atoms with E-state index in [2.05, 4.69) is 5.10 Å². The Morgan fingerprint density at radius 3 is 2.93 bits per heavy atom. The molecule has 0 aliphatic carbocycles. The van der Waals surface area contributed by atoms with E-state index in [1.165, 1.54) is 35.8 Å². The minimum atomic E-state index is -0.748. The molecule has 2 aliphatic rings. The number of halogens is 1. The quantitative estimate of drug-likeness (QED) is 0.880. The molecule has 2 aromatic carbocycles. The average Bonchev–Trinajstić information content (AvgIpc) is 3.06. The summed E-state index contributed by atoms with van der Waals surface area (Å²) >= 11 is 1.48. The van der Waals surface area contributed by atoms with Crippen molar-refractivity contribution in [1.29, 1.82) is 0 Å². The van der Waals surface area contributed by atoms with E-state index in [1.54, 1.807) is 12.1 Å². The summed E-state index contributed by atoms with van der Waals surface area (Å²) in [4.78, 5) is 11.8. The van der Waals surface area contributed by atoms with Gasteiger partial charge in [-0.2, -0.15) is 5.10 Å². The predicted molar refractivity (Wildman–Crippen MR) is 104 cm³/mol. The number of benzene rings is 2. The zero-order chi connectivity index (χ0) is 19.0. The Morgan fingerprint density at radius 2 is 2.19 bits per heavy atom. The molecule has 27 heavy (non-hydrogen) atoms. The highest BCUT2D eigenvalue weighted by atomic mass is 32.2. The van der Waals surface area contributed by atoms with Crippen molar-refractivity contribution in [2.75, 3.05) is 13.2 Å². The number of hydrazone groups is 1. The van der Waals surface area contributed by atoms with Crippen LogP contribution in [0, 0.1) is 11.7 Å². The molecule has 2 aliphatic heterocycles. The lowest BCUT2D eigenvalue weighted by Gasteiger charge is -2.45. The molecular weight excluding hydrogens is 365 g/mol. The summed E-state index contributed by atoms with van der Waals surface area (Å²) in [5, 5.41) is 6.75. The lowest BCUT2D eigenvalue weighted by molar-refractivity contribution is -0.134. The van der Waals surface area contributed by atoms with Gasteiger partial charge >= 0.3 is 0 Å². The maximum Gasteiger partial charge on any atom is 0.241 e. The highest BCUT2D eigenvalue weighted by molar-refractivity contribution is 8.15. The van der Waals surface area contributed by atoms with Crippen LogP contribution in [0.5, 0.6) is 5.75 Å². The third-order valence-electron chi connectivity index (χ3n) is 4.91. The molecule has 0 fully saturated rings. The summed E-state index contributed by atoms with van der Waals surface area (Å²) < 4.78 is 19.7. The molecule has 2 atom stereocenters. The fourth-order valence-electron chi connectivity index (χ4n) is 3.74. The molecule has 5 nitrogen and oxygen atoms in total. The van der Waals surface area contributed by atoms with Crippen LogP contribution in [0.15, 0.2) is 53.6 Å². The molecule has 0 bridgehead atoms. The van der Waals surface area contributed by atoms with E-state index >= 15 is 0 Å².